The minimum absolute atomic E-state index is 0. The molecular weight excluding hydrogens is 276 g/mol. The standard InChI is InChI=1S/H3O4P.H4Si.Sr.Zn.2H/c1-5(2,3)4;;;;;/h(H3,1,2,3,4);1H4;;;;. The van der Waals surface area contributed by atoms with Crippen molar-refractivity contribution in [2.75, 3.05) is 0 Å². The minimum atomic E-state index is -4.64. The van der Waals surface area contributed by atoms with Crippen LogP contribution in [0.5, 0.6) is 0 Å². The van der Waals surface area contributed by atoms with Crippen molar-refractivity contribution in [3.05, 3.63) is 0 Å². The van der Waals surface area contributed by atoms with Gasteiger partial charge in [-0.05, 0) is 11.0 Å². The van der Waals surface area contributed by atoms with E-state index in [2.05, 4.69) is 0 Å². The molecular formula is H9O4PSiSrZn. The van der Waals surface area contributed by atoms with Crippen LogP contribution in [0.15, 0.2) is 0 Å². The Bertz CT molecular complexity index is 62.2. The van der Waals surface area contributed by atoms with Crippen molar-refractivity contribution in [1.29, 1.82) is 0 Å². The van der Waals surface area contributed by atoms with E-state index in [1.54, 1.807) is 0 Å². The van der Waals surface area contributed by atoms with E-state index in [1.807, 2.05) is 0 Å². The quantitative estimate of drug-likeness (QED) is 0.322. The van der Waals surface area contributed by atoms with Crippen molar-refractivity contribution < 1.29 is 38.7 Å². The molecule has 0 aromatic carbocycles. The average molecular weight is 285 g/mol. The molecule has 0 amide bonds. The molecule has 8 heavy (non-hydrogen) atoms. The Kier molecular flexibility index (Phi) is 26.4. The van der Waals surface area contributed by atoms with Crippen LogP contribution in [0.2, 0.25) is 0 Å². The zero-order valence-corrected chi connectivity index (χ0v) is 6.77. The van der Waals surface area contributed by atoms with Gasteiger partial charge in [-0.25, -0.2) is 4.57 Å². The van der Waals surface area contributed by atoms with Crippen molar-refractivity contribution >= 4 is 64.3 Å². The van der Waals surface area contributed by atoms with Crippen LogP contribution in [0, 0.1) is 0 Å². The fourth-order valence-corrected chi connectivity index (χ4v) is 0. The topological polar surface area (TPSA) is 77.8 Å². The second kappa shape index (κ2) is 9.43. The summed E-state index contributed by atoms with van der Waals surface area (Å²) in [6, 6.07) is 0. The monoisotopic (exact) mass is 284 g/mol. The largest absolute Gasteiger partial charge is 0 e. The van der Waals surface area contributed by atoms with E-state index in [4.69, 9.17) is 19.2 Å². The molecule has 8 heteroatoms. The van der Waals surface area contributed by atoms with E-state index >= 15 is 0 Å². The van der Waals surface area contributed by atoms with Crippen LogP contribution in [0.4, 0.5) is 0 Å². The van der Waals surface area contributed by atoms with Gasteiger partial charge in [0.1, 0.15) is 0 Å². The Morgan fingerprint density at radius 1 is 1.12 bits per heavy atom. The molecule has 0 atom stereocenters. The fourth-order valence-electron chi connectivity index (χ4n) is 0. The second-order valence-electron chi connectivity index (χ2n) is 0.513. The molecule has 0 fully saturated rings. The molecule has 0 saturated heterocycles. The summed E-state index contributed by atoms with van der Waals surface area (Å²) in [5.74, 6) is 0. The third-order valence-electron chi connectivity index (χ3n) is 0. The summed E-state index contributed by atoms with van der Waals surface area (Å²) in [5, 5.41) is 0. The van der Waals surface area contributed by atoms with Crippen LogP contribution in [0.25, 0.3) is 0 Å². The molecule has 0 aliphatic rings. The summed E-state index contributed by atoms with van der Waals surface area (Å²) in [7, 11) is -4.64. The summed E-state index contributed by atoms with van der Waals surface area (Å²) in [6.45, 7) is 0. The van der Waals surface area contributed by atoms with E-state index in [9.17, 15) is 0 Å². The average Bonchev–Trinajstić information content (AvgIpc) is 0.722. The molecule has 0 radical (unpaired) electrons. The van der Waals surface area contributed by atoms with Crippen LogP contribution < -0.4 is 0 Å². The SMILES string of the molecule is O=P(O)(O)O.[SiH4].[SrH2].[Zn]. The van der Waals surface area contributed by atoms with Crippen molar-refractivity contribution in [3.63, 3.8) is 0 Å². The number of hydrogen-bond acceptors (Lipinski definition) is 1. The van der Waals surface area contributed by atoms with E-state index in [1.165, 1.54) is 0 Å². The van der Waals surface area contributed by atoms with Crippen LogP contribution in [0.1, 0.15) is 0 Å². The molecule has 3 N–H and O–H groups in total. The van der Waals surface area contributed by atoms with Gasteiger partial charge < -0.3 is 14.7 Å². The van der Waals surface area contributed by atoms with Crippen molar-refractivity contribution in [2.45, 2.75) is 0 Å². The number of rotatable bonds is 0. The van der Waals surface area contributed by atoms with Crippen LogP contribution in [0.3, 0.4) is 0 Å². The molecule has 0 heterocycles. The van der Waals surface area contributed by atoms with E-state index in [0.29, 0.717) is 0 Å². The van der Waals surface area contributed by atoms with Gasteiger partial charge in [-0.2, -0.15) is 0 Å². The Balaban J connectivity index is -0.0000000267. The van der Waals surface area contributed by atoms with E-state index < -0.39 is 7.82 Å². The Morgan fingerprint density at radius 3 is 1.12 bits per heavy atom. The predicted molar refractivity (Wildman–Crippen MR) is 34.1 cm³/mol. The smallest absolute Gasteiger partial charge is 0 e. The van der Waals surface area contributed by atoms with Gasteiger partial charge in [0.15, 0.2) is 0 Å². The first-order chi connectivity index (χ1) is 2.00. The van der Waals surface area contributed by atoms with Gasteiger partial charge in [0.2, 0.25) is 0 Å². The molecule has 0 aromatic rings. The van der Waals surface area contributed by atoms with E-state index in [0.717, 1.165) is 0 Å². The third kappa shape index (κ3) is 78.8. The Hall–Kier alpha value is 2.43. The maximum atomic E-state index is 8.88. The predicted octanol–water partition coefficient (Wildman–Crippen LogP) is -3.30. The fraction of sp³-hybridized carbons (Fsp3) is 0. The zero-order chi connectivity index (χ0) is 4.50. The summed E-state index contributed by atoms with van der Waals surface area (Å²) in [4.78, 5) is 21.6. The van der Waals surface area contributed by atoms with Gasteiger partial charge in [-0.3, -0.25) is 0 Å². The molecule has 0 aliphatic heterocycles. The summed E-state index contributed by atoms with van der Waals surface area (Å²) in [5.41, 5.74) is 0. The molecule has 0 unspecified atom stereocenters. The first-order valence-corrected chi connectivity index (χ1v) is 2.35. The summed E-state index contributed by atoms with van der Waals surface area (Å²) in [6.07, 6.45) is 0. The molecule has 4 nitrogen and oxygen atoms in total. The van der Waals surface area contributed by atoms with Gasteiger partial charge in [-0.15, -0.1) is 0 Å². The van der Waals surface area contributed by atoms with Gasteiger partial charge in [0.25, 0.3) is 0 Å². The van der Waals surface area contributed by atoms with Crippen molar-refractivity contribution in [2.24, 2.45) is 0 Å². The van der Waals surface area contributed by atoms with Crippen LogP contribution in [-0.4, -0.2) is 71.1 Å². The summed E-state index contributed by atoms with van der Waals surface area (Å²) >= 11 is 0. The maximum Gasteiger partial charge on any atom is 0 e. The molecule has 0 aliphatic carbocycles. The van der Waals surface area contributed by atoms with E-state index in [-0.39, 0.29) is 75.9 Å². The maximum absolute atomic E-state index is 8.88. The normalized spacial score (nSPS) is 7.38. The minimum Gasteiger partial charge on any atom is 0 e. The van der Waals surface area contributed by atoms with Gasteiger partial charge in [-0.1, -0.05) is 0 Å². The summed E-state index contributed by atoms with van der Waals surface area (Å²) < 4.78 is 8.88. The molecule has 0 aromatic heterocycles. The van der Waals surface area contributed by atoms with Gasteiger partial charge in [0, 0.05) is 19.5 Å². The zero-order valence-electron chi connectivity index (χ0n) is 2.90. The molecule has 0 rings (SSSR count). The number of phosphoric acid groups is 1. The van der Waals surface area contributed by atoms with Gasteiger partial charge >= 0.3 is 53.3 Å². The Labute approximate surface area is 101 Å². The molecule has 0 bridgehead atoms. The number of hydrogen-bond donors (Lipinski definition) is 3. The van der Waals surface area contributed by atoms with Crippen LogP contribution >= 0.6 is 7.82 Å². The van der Waals surface area contributed by atoms with Crippen LogP contribution in [-0.2, 0) is 24.0 Å². The third-order valence-corrected chi connectivity index (χ3v) is 0. The van der Waals surface area contributed by atoms with Crippen molar-refractivity contribution in [1.82, 2.24) is 0 Å². The second-order valence-corrected chi connectivity index (χ2v) is 1.54. The first kappa shape index (κ1) is 22.4. The Morgan fingerprint density at radius 2 is 1.12 bits per heavy atom. The molecule has 0 saturated carbocycles. The first-order valence-electron chi connectivity index (χ1n) is 0.783. The molecule has 0 spiro atoms. The van der Waals surface area contributed by atoms with Gasteiger partial charge in [0.05, 0.1) is 0 Å². The molecule has 46 valence electrons. The van der Waals surface area contributed by atoms with Crippen molar-refractivity contribution in [3.8, 4) is 0 Å².